The van der Waals surface area contributed by atoms with Crippen LogP contribution in [-0.4, -0.2) is 9.86 Å². The summed E-state index contributed by atoms with van der Waals surface area (Å²) in [6.07, 6.45) is 0. The van der Waals surface area contributed by atoms with Gasteiger partial charge in [-0.25, -0.2) is 4.39 Å². The van der Waals surface area contributed by atoms with Gasteiger partial charge >= 0.3 is 0 Å². The van der Waals surface area contributed by atoms with Gasteiger partial charge in [0.05, 0.1) is 10.1 Å². The van der Waals surface area contributed by atoms with Gasteiger partial charge in [-0.05, 0) is 24.3 Å². The average Bonchev–Trinajstić information content (AvgIpc) is 2.77. The van der Waals surface area contributed by atoms with Crippen molar-refractivity contribution in [3.8, 4) is 0 Å². The van der Waals surface area contributed by atoms with Crippen LogP contribution in [0, 0.1) is 5.82 Å². The zero-order valence-electron chi connectivity index (χ0n) is 10.9. The normalized spacial score (nSPS) is 10.7. The topological polar surface area (TPSA) is 51.1 Å². The molecular formula is C15H11FN2O2S. The maximum absolute atomic E-state index is 13.6. The number of anilines is 1. The van der Waals surface area contributed by atoms with Crippen molar-refractivity contribution in [1.82, 2.24) is 3.96 Å². The van der Waals surface area contributed by atoms with E-state index in [-0.39, 0.29) is 17.8 Å². The van der Waals surface area contributed by atoms with E-state index < -0.39 is 11.4 Å². The largest absolute Gasteiger partial charge is 0.325 e. The fraction of sp³-hybridized carbons (Fsp3) is 0.0667. The molecule has 0 saturated heterocycles. The Labute approximate surface area is 123 Å². The molecular weight excluding hydrogens is 291 g/mol. The summed E-state index contributed by atoms with van der Waals surface area (Å²) < 4.78 is 15.4. The summed E-state index contributed by atoms with van der Waals surface area (Å²) in [5.74, 6) is -0.883. The van der Waals surface area contributed by atoms with Crippen molar-refractivity contribution in [1.29, 1.82) is 0 Å². The van der Waals surface area contributed by atoms with Crippen LogP contribution < -0.4 is 10.9 Å². The summed E-state index contributed by atoms with van der Waals surface area (Å²) >= 11 is 1.08. The van der Waals surface area contributed by atoms with Gasteiger partial charge in [-0.2, -0.15) is 0 Å². The molecule has 1 aromatic heterocycles. The minimum atomic E-state index is -0.559. The summed E-state index contributed by atoms with van der Waals surface area (Å²) in [6.45, 7) is -0.132. The smallest absolute Gasteiger partial charge is 0.271 e. The highest BCUT2D eigenvalue weighted by atomic mass is 32.1. The van der Waals surface area contributed by atoms with E-state index in [9.17, 15) is 14.0 Å². The third-order valence-electron chi connectivity index (χ3n) is 2.97. The van der Waals surface area contributed by atoms with E-state index in [4.69, 9.17) is 0 Å². The standard InChI is InChI=1S/C15H11FN2O2S/c16-11-7-4-8-12-14(11)15(20)18(21-12)9-13(19)17-10-5-2-1-3-6-10/h1-8H,9H2,(H,17,19). The van der Waals surface area contributed by atoms with Crippen LogP contribution in [0.4, 0.5) is 10.1 Å². The van der Waals surface area contributed by atoms with Gasteiger partial charge in [0.25, 0.3) is 5.56 Å². The molecule has 1 N–H and O–H groups in total. The Hall–Kier alpha value is -2.47. The van der Waals surface area contributed by atoms with Crippen LogP contribution in [0.3, 0.4) is 0 Å². The second-order valence-corrected chi connectivity index (χ2v) is 5.52. The number of rotatable bonds is 3. The number of hydrogen-bond donors (Lipinski definition) is 1. The Kier molecular flexibility index (Phi) is 3.53. The molecule has 0 aliphatic rings. The van der Waals surface area contributed by atoms with Crippen molar-refractivity contribution >= 4 is 33.2 Å². The molecule has 21 heavy (non-hydrogen) atoms. The van der Waals surface area contributed by atoms with Crippen LogP contribution in [0.15, 0.2) is 53.3 Å². The van der Waals surface area contributed by atoms with Crippen molar-refractivity contribution in [2.75, 3.05) is 5.32 Å². The Balaban J connectivity index is 1.85. The maximum Gasteiger partial charge on any atom is 0.271 e. The average molecular weight is 302 g/mol. The second kappa shape index (κ2) is 5.49. The number of fused-ring (bicyclic) bond motifs is 1. The summed E-state index contributed by atoms with van der Waals surface area (Å²) in [6, 6.07) is 13.4. The highest BCUT2D eigenvalue weighted by molar-refractivity contribution is 7.13. The van der Waals surface area contributed by atoms with E-state index in [0.717, 1.165) is 11.5 Å². The van der Waals surface area contributed by atoms with Crippen LogP contribution in [0.25, 0.3) is 10.1 Å². The molecule has 1 amide bonds. The number of benzene rings is 2. The molecule has 0 aliphatic heterocycles. The molecule has 0 bridgehead atoms. The first-order valence-corrected chi connectivity index (χ1v) is 7.06. The van der Waals surface area contributed by atoms with Crippen molar-refractivity contribution < 1.29 is 9.18 Å². The number of aromatic nitrogens is 1. The van der Waals surface area contributed by atoms with Crippen molar-refractivity contribution in [3.05, 3.63) is 64.7 Å². The van der Waals surface area contributed by atoms with Gasteiger partial charge in [-0.1, -0.05) is 35.8 Å². The first-order valence-electron chi connectivity index (χ1n) is 6.28. The van der Waals surface area contributed by atoms with Crippen molar-refractivity contribution in [2.45, 2.75) is 6.54 Å². The monoisotopic (exact) mass is 302 g/mol. The minimum Gasteiger partial charge on any atom is -0.325 e. The number of carbonyl (C=O) groups excluding carboxylic acids is 1. The van der Waals surface area contributed by atoms with Gasteiger partial charge in [0, 0.05) is 5.69 Å². The Morgan fingerprint density at radius 3 is 2.62 bits per heavy atom. The molecule has 2 aromatic carbocycles. The zero-order valence-corrected chi connectivity index (χ0v) is 11.7. The van der Waals surface area contributed by atoms with Crippen LogP contribution in [-0.2, 0) is 11.3 Å². The Morgan fingerprint density at radius 2 is 1.90 bits per heavy atom. The molecule has 0 saturated carbocycles. The molecule has 106 valence electrons. The molecule has 0 fully saturated rings. The summed E-state index contributed by atoms with van der Waals surface area (Å²) in [5.41, 5.74) is 0.180. The predicted octanol–water partition coefficient (Wildman–Crippen LogP) is 2.84. The minimum absolute atomic E-state index is 0.0370. The number of halogens is 1. The van der Waals surface area contributed by atoms with Gasteiger partial charge in [0.2, 0.25) is 5.91 Å². The van der Waals surface area contributed by atoms with Crippen LogP contribution in [0.1, 0.15) is 0 Å². The second-order valence-electron chi connectivity index (χ2n) is 4.46. The number of amides is 1. The van der Waals surface area contributed by atoms with Gasteiger partial charge in [-0.15, -0.1) is 0 Å². The Bertz CT molecular complexity index is 855. The molecule has 0 spiro atoms. The van der Waals surface area contributed by atoms with E-state index >= 15 is 0 Å². The molecule has 3 rings (SSSR count). The van der Waals surface area contributed by atoms with Gasteiger partial charge in [0.1, 0.15) is 12.4 Å². The predicted molar refractivity (Wildman–Crippen MR) is 81.1 cm³/mol. The lowest BCUT2D eigenvalue weighted by Crippen LogP contribution is -2.23. The SMILES string of the molecule is O=C(Cn1sc2cccc(F)c2c1=O)Nc1ccccc1. The fourth-order valence-corrected chi connectivity index (χ4v) is 3.04. The molecule has 0 atom stereocenters. The highest BCUT2D eigenvalue weighted by Crippen LogP contribution is 2.19. The summed E-state index contributed by atoms with van der Waals surface area (Å²) in [5, 5.41) is 2.73. The van der Waals surface area contributed by atoms with Crippen LogP contribution in [0.2, 0.25) is 0 Å². The van der Waals surface area contributed by atoms with Crippen molar-refractivity contribution in [2.24, 2.45) is 0 Å². The van der Waals surface area contributed by atoms with E-state index in [1.54, 1.807) is 36.4 Å². The van der Waals surface area contributed by atoms with Crippen molar-refractivity contribution in [3.63, 3.8) is 0 Å². The van der Waals surface area contributed by atoms with E-state index in [0.29, 0.717) is 10.4 Å². The third-order valence-corrected chi connectivity index (χ3v) is 4.02. The molecule has 0 unspecified atom stereocenters. The fourth-order valence-electron chi connectivity index (χ4n) is 2.03. The maximum atomic E-state index is 13.6. The van der Waals surface area contributed by atoms with Gasteiger partial charge in [0.15, 0.2) is 0 Å². The van der Waals surface area contributed by atoms with Crippen LogP contribution in [0.5, 0.6) is 0 Å². The van der Waals surface area contributed by atoms with E-state index in [1.807, 2.05) is 6.07 Å². The number of nitrogens with one attached hydrogen (secondary N) is 1. The van der Waals surface area contributed by atoms with E-state index in [2.05, 4.69) is 5.32 Å². The first kappa shape index (κ1) is 13.5. The molecule has 3 aromatic rings. The lowest BCUT2D eigenvalue weighted by molar-refractivity contribution is -0.116. The van der Waals surface area contributed by atoms with Gasteiger partial charge in [-0.3, -0.25) is 13.5 Å². The molecule has 4 nitrogen and oxygen atoms in total. The lowest BCUT2D eigenvalue weighted by atomic mass is 10.3. The van der Waals surface area contributed by atoms with Gasteiger partial charge < -0.3 is 5.32 Å². The number of hydrogen-bond acceptors (Lipinski definition) is 3. The molecule has 1 heterocycles. The molecule has 6 heteroatoms. The number of para-hydroxylation sites is 1. The zero-order chi connectivity index (χ0) is 14.8. The third kappa shape index (κ3) is 2.71. The summed E-state index contributed by atoms with van der Waals surface area (Å²) in [7, 11) is 0. The first-order chi connectivity index (χ1) is 10.1. The molecule has 0 aliphatic carbocycles. The molecule has 0 radical (unpaired) electrons. The van der Waals surface area contributed by atoms with Crippen LogP contribution >= 0.6 is 11.5 Å². The number of carbonyl (C=O) groups is 1. The quantitative estimate of drug-likeness (QED) is 0.809. The highest BCUT2D eigenvalue weighted by Gasteiger charge is 2.14. The lowest BCUT2D eigenvalue weighted by Gasteiger charge is -2.04. The Morgan fingerprint density at radius 1 is 1.14 bits per heavy atom. The number of nitrogens with zero attached hydrogens (tertiary/aromatic N) is 1. The van der Waals surface area contributed by atoms with E-state index in [1.165, 1.54) is 10.0 Å². The summed E-state index contributed by atoms with van der Waals surface area (Å²) in [4.78, 5) is 24.0.